The SMILES string of the molecule is COc1ccc(C=O)cc1OCC(=O)Nc1ncc(Cc2cccc(C)c2)s1. The number of anilines is 1. The molecule has 1 amide bonds. The first-order chi connectivity index (χ1) is 13.6. The van der Waals surface area contributed by atoms with E-state index < -0.39 is 0 Å². The highest BCUT2D eigenvalue weighted by Crippen LogP contribution is 2.27. The summed E-state index contributed by atoms with van der Waals surface area (Å²) < 4.78 is 10.7. The smallest absolute Gasteiger partial charge is 0.264 e. The lowest BCUT2D eigenvalue weighted by molar-refractivity contribution is -0.118. The zero-order chi connectivity index (χ0) is 19.9. The average molecular weight is 396 g/mol. The summed E-state index contributed by atoms with van der Waals surface area (Å²) in [7, 11) is 1.49. The van der Waals surface area contributed by atoms with Gasteiger partial charge in [0.05, 0.1) is 7.11 Å². The van der Waals surface area contributed by atoms with E-state index in [0.29, 0.717) is 28.5 Å². The molecule has 0 bridgehead atoms. The molecule has 28 heavy (non-hydrogen) atoms. The van der Waals surface area contributed by atoms with Crippen LogP contribution in [0.5, 0.6) is 11.5 Å². The van der Waals surface area contributed by atoms with Crippen LogP contribution in [-0.4, -0.2) is 30.9 Å². The van der Waals surface area contributed by atoms with Crippen molar-refractivity contribution in [3.8, 4) is 11.5 Å². The van der Waals surface area contributed by atoms with Crippen LogP contribution >= 0.6 is 11.3 Å². The molecule has 0 unspecified atom stereocenters. The van der Waals surface area contributed by atoms with Gasteiger partial charge < -0.3 is 9.47 Å². The van der Waals surface area contributed by atoms with Gasteiger partial charge in [0.1, 0.15) is 6.29 Å². The number of carbonyl (C=O) groups excluding carboxylic acids is 2. The van der Waals surface area contributed by atoms with E-state index in [4.69, 9.17) is 9.47 Å². The van der Waals surface area contributed by atoms with Crippen molar-refractivity contribution in [2.24, 2.45) is 0 Å². The topological polar surface area (TPSA) is 77.5 Å². The zero-order valence-electron chi connectivity index (χ0n) is 15.6. The fraction of sp³-hybridized carbons (Fsp3) is 0.190. The van der Waals surface area contributed by atoms with Gasteiger partial charge in [-0.3, -0.25) is 14.9 Å². The maximum atomic E-state index is 12.2. The molecule has 0 spiro atoms. The Labute approximate surface area is 167 Å². The van der Waals surface area contributed by atoms with Crippen LogP contribution in [0, 0.1) is 6.92 Å². The molecule has 0 aliphatic carbocycles. The number of rotatable bonds is 8. The van der Waals surface area contributed by atoms with Gasteiger partial charge in [-0.05, 0) is 30.7 Å². The summed E-state index contributed by atoms with van der Waals surface area (Å²) in [6.07, 6.45) is 3.24. The minimum Gasteiger partial charge on any atom is -0.493 e. The minimum absolute atomic E-state index is 0.217. The Balaban J connectivity index is 1.57. The second-order valence-corrected chi connectivity index (χ2v) is 7.28. The Morgan fingerprint density at radius 1 is 1.21 bits per heavy atom. The molecule has 1 heterocycles. The Hall–Kier alpha value is -3.19. The van der Waals surface area contributed by atoms with Crippen LogP contribution in [0.15, 0.2) is 48.7 Å². The van der Waals surface area contributed by atoms with Gasteiger partial charge in [-0.2, -0.15) is 0 Å². The van der Waals surface area contributed by atoms with Gasteiger partial charge in [0.25, 0.3) is 5.91 Å². The maximum absolute atomic E-state index is 12.2. The number of methoxy groups -OCH3 is 1. The molecule has 0 aliphatic heterocycles. The van der Waals surface area contributed by atoms with Crippen molar-refractivity contribution < 1.29 is 19.1 Å². The molecule has 0 atom stereocenters. The number of nitrogens with zero attached hydrogens (tertiary/aromatic N) is 1. The van der Waals surface area contributed by atoms with Gasteiger partial charge in [0, 0.05) is 23.1 Å². The number of hydrogen-bond acceptors (Lipinski definition) is 6. The number of ether oxygens (including phenoxy) is 2. The number of aldehydes is 1. The number of aryl methyl sites for hydroxylation is 1. The van der Waals surface area contributed by atoms with Crippen LogP contribution in [0.25, 0.3) is 0 Å². The van der Waals surface area contributed by atoms with Crippen LogP contribution < -0.4 is 14.8 Å². The number of benzene rings is 2. The Morgan fingerprint density at radius 2 is 2.07 bits per heavy atom. The van der Waals surface area contributed by atoms with E-state index in [-0.39, 0.29) is 12.5 Å². The quantitative estimate of drug-likeness (QED) is 0.585. The molecular formula is C21H20N2O4S. The van der Waals surface area contributed by atoms with Crippen molar-refractivity contribution in [3.05, 3.63) is 70.2 Å². The summed E-state index contributed by atoms with van der Waals surface area (Å²) in [4.78, 5) is 28.4. The fourth-order valence-electron chi connectivity index (χ4n) is 2.65. The Kier molecular flexibility index (Phi) is 6.39. The van der Waals surface area contributed by atoms with Crippen molar-refractivity contribution in [1.29, 1.82) is 0 Å². The summed E-state index contributed by atoms with van der Waals surface area (Å²) in [6.45, 7) is 1.84. The monoisotopic (exact) mass is 396 g/mol. The van der Waals surface area contributed by atoms with Crippen molar-refractivity contribution in [3.63, 3.8) is 0 Å². The third kappa shape index (κ3) is 5.17. The molecule has 3 rings (SSSR count). The molecule has 0 fully saturated rings. The van der Waals surface area contributed by atoms with Gasteiger partial charge in [0.2, 0.25) is 0 Å². The summed E-state index contributed by atoms with van der Waals surface area (Å²) in [5.74, 6) is 0.449. The van der Waals surface area contributed by atoms with E-state index in [1.165, 1.54) is 35.6 Å². The van der Waals surface area contributed by atoms with Gasteiger partial charge in [-0.25, -0.2) is 4.98 Å². The van der Waals surface area contributed by atoms with Crippen LogP contribution in [0.2, 0.25) is 0 Å². The number of thiazole rings is 1. The summed E-state index contributed by atoms with van der Waals surface area (Å²) in [5.41, 5.74) is 2.85. The van der Waals surface area contributed by atoms with Crippen LogP contribution in [0.1, 0.15) is 26.4 Å². The molecule has 2 aromatic carbocycles. The highest BCUT2D eigenvalue weighted by atomic mass is 32.1. The first-order valence-electron chi connectivity index (χ1n) is 8.63. The third-order valence-electron chi connectivity index (χ3n) is 3.94. The van der Waals surface area contributed by atoms with Crippen molar-refractivity contribution in [2.45, 2.75) is 13.3 Å². The van der Waals surface area contributed by atoms with Crippen molar-refractivity contribution in [1.82, 2.24) is 4.98 Å². The summed E-state index contributed by atoms with van der Waals surface area (Å²) in [6, 6.07) is 13.1. The van der Waals surface area contributed by atoms with Crippen LogP contribution in [0.3, 0.4) is 0 Å². The number of carbonyl (C=O) groups is 2. The number of amides is 1. The highest BCUT2D eigenvalue weighted by Gasteiger charge is 2.11. The lowest BCUT2D eigenvalue weighted by atomic mass is 10.1. The molecule has 0 aliphatic rings. The predicted molar refractivity (Wildman–Crippen MR) is 109 cm³/mol. The lowest BCUT2D eigenvalue weighted by Crippen LogP contribution is -2.20. The lowest BCUT2D eigenvalue weighted by Gasteiger charge is -2.10. The first-order valence-corrected chi connectivity index (χ1v) is 9.45. The average Bonchev–Trinajstić information content (AvgIpc) is 3.12. The fourth-order valence-corrected chi connectivity index (χ4v) is 3.51. The molecule has 3 aromatic rings. The Morgan fingerprint density at radius 3 is 2.82 bits per heavy atom. The largest absolute Gasteiger partial charge is 0.493 e. The van der Waals surface area contributed by atoms with E-state index in [1.807, 2.05) is 6.07 Å². The summed E-state index contributed by atoms with van der Waals surface area (Å²) in [5, 5.41) is 3.25. The Bertz CT molecular complexity index is 984. The van der Waals surface area contributed by atoms with Gasteiger partial charge >= 0.3 is 0 Å². The highest BCUT2D eigenvalue weighted by molar-refractivity contribution is 7.15. The van der Waals surface area contributed by atoms with E-state index in [2.05, 4.69) is 35.4 Å². The van der Waals surface area contributed by atoms with Crippen molar-refractivity contribution >= 4 is 28.7 Å². The predicted octanol–water partition coefficient (Wildman–Crippen LogP) is 3.88. The molecule has 0 radical (unpaired) electrons. The minimum atomic E-state index is -0.338. The molecule has 144 valence electrons. The zero-order valence-corrected chi connectivity index (χ0v) is 16.4. The molecular weight excluding hydrogens is 376 g/mol. The second-order valence-electron chi connectivity index (χ2n) is 6.16. The van der Waals surface area contributed by atoms with E-state index in [0.717, 1.165) is 11.3 Å². The standard InChI is InChI=1S/C21H20N2O4S/c1-14-4-3-5-15(8-14)9-17-11-22-21(28-17)23-20(25)13-27-19-10-16(12-24)6-7-18(19)26-2/h3-8,10-12H,9,13H2,1-2H3,(H,22,23,25). The van der Waals surface area contributed by atoms with Crippen molar-refractivity contribution in [2.75, 3.05) is 19.0 Å². The molecule has 7 heteroatoms. The van der Waals surface area contributed by atoms with E-state index in [1.54, 1.807) is 18.3 Å². The number of nitrogens with one attached hydrogen (secondary N) is 1. The molecule has 6 nitrogen and oxygen atoms in total. The van der Waals surface area contributed by atoms with Gasteiger partial charge in [-0.15, -0.1) is 11.3 Å². The summed E-state index contributed by atoms with van der Waals surface area (Å²) >= 11 is 1.43. The van der Waals surface area contributed by atoms with E-state index >= 15 is 0 Å². The number of aromatic nitrogens is 1. The molecule has 1 aromatic heterocycles. The van der Waals surface area contributed by atoms with E-state index in [9.17, 15) is 9.59 Å². The normalized spacial score (nSPS) is 10.4. The molecule has 0 saturated carbocycles. The third-order valence-corrected chi connectivity index (χ3v) is 4.86. The van der Waals surface area contributed by atoms with Gasteiger partial charge in [-0.1, -0.05) is 29.8 Å². The molecule has 0 saturated heterocycles. The molecule has 1 N–H and O–H groups in total. The second kappa shape index (κ2) is 9.14. The maximum Gasteiger partial charge on any atom is 0.264 e. The van der Waals surface area contributed by atoms with Gasteiger partial charge in [0.15, 0.2) is 23.2 Å². The first kappa shape index (κ1) is 19.6. The van der Waals surface area contributed by atoms with Crippen LogP contribution in [0.4, 0.5) is 5.13 Å². The number of hydrogen-bond donors (Lipinski definition) is 1. The van der Waals surface area contributed by atoms with Crippen LogP contribution in [-0.2, 0) is 11.2 Å².